The van der Waals surface area contributed by atoms with Gasteiger partial charge in [0.2, 0.25) is 0 Å². The van der Waals surface area contributed by atoms with Gasteiger partial charge in [0.1, 0.15) is 0 Å². The fraction of sp³-hybridized carbons (Fsp3) is 0.750. The van der Waals surface area contributed by atoms with Gasteiger partial charge in [-0.25, -0.2) is 0 Å². The van der Waals surface area contributed by atoms with E-state index in [1.165, 1.54) is 44.6 Å². The van der Waals surface area contributed by atoms with Crippen LogP contribution in [0.3, 0.4) is 0 Å². The monoisotopic (exact) mass is 285 g/mol. The van der Waals surface area contributed by atoms with Crippen LogP contribution < -0.4 is 0 Å². The standard InChI is InChI=1S/C12H20BrN3/c1-10-12(13)11(2)16(14-10)9-5-8-15-6-3-4-7-15/h3-9H2,1-2H3. The van der Waals surface area contributed by atoms with Crippen LogP contribution in [0.4, 0.5) is 0 Å². The van der Waals surface area contributed by atoms with Gasteiger partial charge in [-0.2, -0.15) is 5.10 Å². The van der Waals surface area contributed by atoms with Crippen molar-refractivity contribution in [3.63, 3.8) is 0 Å². The minimum atomic E-state index is 1.04. The summed E-state index contributed by atoms with van der Waals surface area (Å²) in [5, 5.41) is 4.53. The fourth-order valence-electron chi connectivity index (χ4n) is 2.34. The predicted molar refractivity (Wildman–Crippen MR) is 69.7 cm³/mol. The summed E-state index contributed by atoms with van der Waals surface area (Å²) in [6.07, 6.45) is 3.96. The van der Waals surface area contributed by atoms with Crippen molar-refractivity contribution in [2.24, 2.45) is 0 Å². The fourth-order valence-corrected chi connectivity index (χ4v) is 2.63. The van der Waals surface area contributed by atoms with E-state index in [-0.39, 0.29) is 0 Å². The van der Waals surface area contributed by atoms with E-state index in [1.54, 1.807) is 0 Å². The van der Waals surface area contributed by atoms with Crippen molar-refractivity contribution in [3.8, 4) is 0 Å². The average Bonchev–Trinajstić information content (AvgIpc) is 2.85. The van der Waals surface area contributed by atoms with Gasteiger partial charge in [0.25, 0.3) is 0 Å². The molecule has 1 aliphatic heterocycles. The predicted octanol–water partition coefficient (Wildman–Crippen LogP) is 2.75. The molecule has 1 aliphatic rings. The number of hydrogen-bond acceptors (Lipinski definition) is 2. The molecule has 0 N–H and O–H groups in total. The SMILES string of the molecule is Cc1nn(CCCN2CCCC2)c(C)c1Br. The quantitative estimate of drug-likeness (QED) is 0.848. The highest BCUT2D eigenvalue weighted by Crippen LogP contribution is 2.20. The first-order chi connectivity index (χ1) is 7.68. The van der Waals surface area contributed by atoms with Gasteiger partial charge in [-0.3, -0.25) is 4.68 Å². The molecule has 4 heteroatoms. The van der Waals surface area contributed by atoms with Crippen molar-refractivity contribution in [1.29, 1.82) is 0 Å². The Balaban J connectivity index is 1.82. The summed E-state index contributed by atoms with van der Waals surface area (Å²) < 4.78 is 3.28. The molecule has 3 nitrogen and oxygen atoms in total. The molecule has 0 aliphatic carbocycles. The molecule has 0 atom stereocenters. The van der Waals surface area contributed by atoms with Crippen molar-refractivity contribution in [2.45, 2.75) is 39.7 Å². The van der Waals surface area contributed by atoms with E-state index in [4.69, 9.17) is 0 Å². The largest absolute Gasteiger partial charge is 0.303 e. The molecule has 2 heterocycles. The van der Waals surface area contributed by atoms with Crippen molar-refractivity contribution in [3.05, 3.63) is 15.9 Å². The first-order valence-electron chi connectivity index (χ1n) is 6.10. The molecule has 90 valence electrons. The van der Waals surface area contributed by atoms with Crippen molar-refractivity contribution < 1.29 is 0 Å². The van der Waals surface area contributed by atoms with Gasteiger partial charge in [-0.15, -0.1) is 0 Å². The Morgan fingerprint density at radius 2 is 1.88 bits per heavy atom. The van der Waals surface area contributed by atoms with E-state index in [1.807, 2.05) is 6.92 Å². The van der Waals surface area contributed by atoms with Gasteiger partial charge in [0.15, 0.2) is 0 Å². The zero-order valence-electron chi connectivity index (χ0n) is 10.2. The van der Waals surface area contributed by atoms with Gasteiger partial charge < -0.3 is 4.90 Å². The first kappa shape index (κ1) is 12.1. The van der Waals surface area contributed by atoms with Crippen LogP contribution in [0.1, 0.15) is 30.7 Å². The third-order valence-electron chi connectivity index (χ3n) is 3.34. The summed E-state index contributed by atoms with van der Waals surface area (Å²) in [4.78, 5) is 2.56. The number of halogens is 1. The van der Waals surface area contributed by atoms with Crippen LogP contribution in [0.25, 0.3) is 0 Å². The maximum absolute atomic E-state index is 4.53. The number of nitrogens with zero attached hydrogens (tertiary/aromatic N) is 3. The van der Waals surface area contributed by atoms with E-state index in [9.17, 15) is 0 Å². The zero-order chi connectivity index (χ0) is 11.5. The Morgan fingerprint density at radius 3 is 2.44 bits per heavy atom. The summed E-state index contributed by atoms with van der Waals surface area (Å²) in [7, 11) is 0. The van der Waals surface area contributed by atoms with Gasteiger partial charge in [0.05, 0.1) is 10.2 Å². The Morgan fingerprint density at radius 1 is 1.19 bits per heavy atom. The second kappa shape index (κ2) is 5.32. The van der Waals surface area contributed by atoms with Crippen molar-refractivity contribution in [2.75, 3.05) is 19.6 Å². The van der Waals surface area contributed by atoms with E-state index in [2.05, 4.69) is 37.5 Å². The second-order valence-electron chi connectivity index (χ2n) is 4.61. The highest BCUT2D eigenvalue weighted by atomic mass is 79.9. The number of aromatic nitrogens is 2. The van der Waals surface area contributed by atoms with E-state index < -0.39 is 0 Å². The van der Waals surface area contributed by atoms with Crippen LogP contribution in [0.2, 0.25) is 0 Å². The van der Waals surface area contributed by atoms with Crippen LogP contribution in [0.15, 0.2) is 4.47 Å². The zero-order valence-corrected chi connectivity index (χ0v) is 11.8. The summed E-state index contributed by atoms with van der Waals surface area (Å²) in [6, 6.07) is 0. The topological polar surface area (TPSA) is 21.1 Å². The first-order valence-corrected chi connectivity index (χ1v) is 6.89. The maximum atomic E-state index is 4.53. The Bertz CT molecular complexity index is 353. The number of aryl methyl sites for hydroxylation is 2. The summed E-state index contributed by atoms with van der Waals surface area (Å²) >= 11 is 3.56. The molecule has 0 aromatic carbocycles. The normalized spacial score (nSPS) is 17.2. The molecule has 1 fully saturated rings. The third kappa shape index (κ3) is 2.66. The third-order valence-corrected chi connectivity index (χ3v) is 4.48. The molecular formula is C12H20BrN3. The van der Waals surface area contributed by atoms with Crippen LogP contribution in [-0.2, 0) is 6.54 Å². The van der Waals surface area contributed by atoms with E-state index in [0.29, 0.717) is 0 Å². The Kier molecular flexibility index (Phi) is 4.03. The van der Waals surface area contributed by atoms with Gasteiger partial charge >= 0.3 is 0 Å². The lowest BCUT2D eigenvalue weighted by atomic mass is 10.3. The number of likely N-dealkylation sites (tertiary alicyclic amines) is 1. The van der Waals surface area contributed by atoms with Crippen LogP contribution in [0.5, 0.6) is 0 Å². The molecule has 1 aromatic heterocycles. The maximum Gasteiger partial charge on any atom is 0.0738 e. The van der Waals surface area contributed by atoms with Crippen LogP contribution in [-0.4, -0.2) is 34.3 Å². The molecule has 0 amide bonds. The Hall–Kier alpha value is -0.350. The van der Waals surface area contributed by atoms with Crippen LogP contribution in [0, 0.1) is 13.8 Å². The lowest BCUT2D eigenvalue weighted by molar-refractivity contribution is 0.321. The average molecular weight is 286 g/mol. The molecule has 16 heavy (non-hydrogen) atoms. The minimum absolute atomic E-state index is 1.04. The summed E-state index contributed by atoms with van der Waals surface area (Å²) in [5.74, 6) is 0. The molecule has 1 aromatic rings. The molecule has 0 saturated carbocycles. The van der Waals surface area contributed by atoms with Crippen LogP contribution >= 0.6 is 15.9 Å². The highest BCUT2D eigenvalue weighted by Gasteiger charge is 2.12. The van der Waals surface area contributed by atoms with E-state index in [0.717, 1.165) is 16.7 Å². The van der Waals surface area contributed by atoms with Gasteiger partial charge in [0, 0.05) is 12.2 Å². The molecule has 0 radical (unpaired) electrons. The lowest BCUT2D eigenvalue weighted by Crippen LogP contribution is -2.21. The smallest absolute Gasteiger partial charge is 0.0738 e. The molecule has 1 saturated heterocycles. The minimum Gasteiger partial charge on any atom is -0.303 e. The summed E-state index contributed by atoms with van der Waals surface area (Å²) in [5.41, 5.74) is 2.34. The van der Waals surface area contributed by atoms with E-state index >= 15 is 0 Å². The highest BCUT2D eigenvalue weighted by molar-refractivity contribution is 9.10. The Labute approximate surface area is 106 Å². The second-order valence-corrected chi connectivity index (χ2v) is 5.40. The number of rotatable bonds is 4. The lowest BCUT2D eigenvalue weighted by Gasteiger charge is -2.14. The van der Waals surface area contributed by atoms with Gasteiger partial charge in [-0.05, 0) is 68.7 Å². The summed E-state index contributed by atoms with van der Waals surface area (Å²) in [6.45, 7) is 9.01. The molecule has 0 spiro atoms. The molecule has 0 bridgehead atoms. The molecule has 0 unspecified atom stereocenters. The van der Waals surface area contributed by atoms with Gasteiger partial charge in [-0.1, -0.05) is 0 Å². The van der Waals surface area contributed by atoms with Crippen molar-refractivity contribution in [1.82, 2.24) is 14.7 Å². The molecular weight excluding hydrogens is 266 g/mol. The molecule has 2 rings (SSSR count). The van der Waals surface area contributed by atoms with Crippen molar-refractivity contribution >= 4 is 15.9 Å². The number of hydrogen-bond donors (Lipinski definition) is 0.